The lowest BCUT2D eigenvalue weighted by Crippen LogP contribution is -2.34. The van der Waals surface area contributed by atoms with Crippen molar-refractivity contribution in [3.05, 3.63) is 41.5 Å². The first-order chi connectivity index (χ1) is 14.7. The summed E-state index contributed by atoms with van der Waals surface area (Å²) in [5.41, 5.74) is 2.36. The summed E-state index contributed by atoms with van der Waals surface area (Å²) >= 11 is 0. The van der Waals surface area contributed by atoms with Crippen LogP contribution in [0.3, 0.4) is 0 Å². The van der Waals surface area contributed by atoms with Crippen molar-refractivity contribution in [1.29, 1.82) is 0 Å². The number of hydrogen-bond acceptors (Lipinski definition) is 6. The summed E-state index contributed by atoms with van der Waals surface area (Å²) in [5.74, 6) is 0.998. The zero-order valence-electron chi connectivity index (χ0n) is 18.8. The van der Waals surface area contributed by atoms with Crippen molar-refractivity contribution < 1.29 is 28.5 Å². The molecule has 166 valence electrons. The van der Waals surface area contributed by atoms with Gasteiger partial charge in [0, 0.05) is 17.7 Å². The Labute approximate surface area is 182 Å². The summed E-state index contributed by atoms with van der Waals surface area (Å²) in [5, 5.41) is 2.83. The summed E-state index contributed by atoms with van der Waals surface area (Å²) in [6.45, 7) is 7.74. The second-order valence-electron chi connectivity index (χ2n) is 8.36. The van der Waals surface area contributed by atoms with Gasteiger partial charge in [0.1, 0.15) is 6.61 Å². The lowest BCUT2D eigenvalue weighted by atomic mass is 9.94. The van der Waals surface area contributed by atoms with E-state index in [1.165, 1.54) is 7.11 Å². The van der Waals surface area contributed by atoms with Crippen molar-refractivity contribution in [2.24, 2.45) is 5.41 Å². The van der Waals surface area contributed by atoms with E-state index < -0.39 is 5.41 Å². The molecule has 2 aromatic carbocycles. The predicted octanol–water partition coefficient (Wildman–Crippen LogP) is 3.97. The lowest BCUT2D eigenvalue weighted by molar-refractivity contribution is -0.159. The molecule has 1 N–H and O–H groups in total. The minimum atomic E-state index is -0.871. The highest BCUT2D eigenvalue weighted by Crippen LogP contribution is 2.45. The van der Waals surface area contributed by atoms with E-state index in [-0.39, 0.29) is 24.6 Å². The standard InChI is InChI=1S/C24H29NO6/c1-14(2)31-23(27)24(3,4)13-30-20-17(9-10-19(28-5)21(20)29-6)15-7-8-18-16(11-15)12-25-22(18)26/h7-11,14H,12-13H2,1-6H3,(H,25,26). The van der Waals surface area contributed by atoms with Gasteiger partial charge in [-0.15, -0.1) is 0 Å². The van der Waals surface area contributed by atoms with Crippen molar-refractivity contribution in [3.63, 3.8) is 0 Å². The molecule has 31 heavy (non-hydrogen) atoms. The number of nitrogens with one attached hydrogen (secondary N) is 1. The third-order valence-corrected chi connectivity index (χ3v) is 5.07. The Morgan fingerprint density at radius 3 is 2.42 bits per heavy atom. The van der Waals surface area contributed by atoms with E-state index in [0.29, 0.717) is 29.4 Å². The molecule has 0 spiro atoms. The number of hydrogen-bond donors (Lipinski definition) is 1. The average Bonchev–Trinajstić information content (AvgIpc) is 3.11. The van der Waals surface area contributed by atoms with E-state index >= 15 is 0 Å². The molecule has 1 aliphatic heterocycles. The molecule has 1 aliphatic rings. The van der Waals surface area contributed by atoms with Crippen molar-refractivity contribution in [2.75, 3.05) is 20.8 Å². The van der Waals surface area contributed by atoms with Crippen molar-refractivity contribution in [3.8, 4) is 28.4 Å². The normalized spacial score (nSPS) is 12.9. The van der Waals surface area contributed by atoms with E-state index in [2.05, 4.69) is 5.32 Å². The molecule has 3 rings (SSSR count). The van der Waals surface area contributed by atoms with Gasteiger partial charge in [-0.2, -0.15) is 0 Å². The van der Waals surface area contributed by atoms with Gasteiger partial charge >= 0.3 is 5.97 Å². The summed E-state index contributed by atoms with van der Waals surface area (Å²) in [6, 6.07) is 9.31. The smallest absolute Gasteiger partial charge is 0.315 e. The number of esters is 1. The summed E-state index contributed by atoms with van der Waals surface area (Å²) in [6.07, 6.45) is -0.212. The number of ether oxygens (including phenoxy) is 4. The Morgan fingerprint density at radius 1 is 1.06 bits per heavy atom. The molecule has 0 saturated carbocycles. The molecule has 2 aromatic rings. The van der Waals surface area contributed by atoms with Crippen molar-refractivity contribution in [2.45, 2.75) is 40.3 Å². The maximum absolute atomic E-state index is 12.5. The monoisotopic (exact) mass is 427 g/mol. The fourth-order valence-electron chi connectivity index (χ4n) is 3.35. The fraction of sp³-hybridized carbons (Fsp3) is 0.417. The van der Waals surface area contributed by atoms with Gasteiger partial charge in [0.2, 0.25) is 5.75 Å². The second-order valence-corrected chi connectivity index (χ2v) is 8.36. The molecule has 0 atom stereocenters. The molecule has 0 bridgehead atoms. The molecule has 7 heteroatoms. The van der Waals surface area contributed by atoms with Crippen LogP contribution < -0.4 is 19.5 Å². The quantitative estimate of drug-likeness (QED) is 0.642. The van der Waals surface area contributed by atoms with Crippen LogP contribution in [0.2, 0.25) is 0 Å². The molecule has 1 amide bonds. The van der Waals surface area contributed by atoms with E-state index in [9.17, 15) is 9.59 Å². The van der Waals surface area contributed by atoms with Crippen LogP contribution in [0, 0.1) is 5.41 Å². The van der Waals surface area contributed by atoms with Crippen LogP contribution in [-0.4, -0.2) is 38.8 Å². The average molecular weight is 427 g/mol. The maximum atomic E-state index is 12.5. The van der Waals surface area contributed by atoms with Gasteiger partial charge in [-0.25, -0.2) is 0 Å². The van der Waals surface area contributed by atoms with Gasteiger partial charge in [0.15, 0.2) is 11.5 Å². The Balaban J connectivity index is 2.00. The Morgan fingerprint density at radius 2 is 1.77 bits per heavy atom. The van der Waals surface area contributed by atoms with Crippen LogP contribution in [0.25, 0.3) is 11.1 Å². The van der Waals surface area contributed by atoms with E-state index in [1.54, 1.807) is 33.1 Å². The molecule has 7 nitrogen and oxygen atoms in total. The van der Waals surface area contributed by atoms with Crippen LogP contribution in [0.5, 0.6) is 17.2 Å². The minimum Gasteiger partial charge on any atom is -0.493 e. The molecule has 0 saturated heterocycles. The minimum absolute atomic E-state index is 0.0734. The number of methoxy groups -OCH3 is 2. The van der Waals surface area contributed by atoms with Crippen molar-refractivity contribution in [1.82, 2.24) is 5.32 Å². The Bertz CT molecular complexity index is 996. The molecule has 0 radical (unpaired) electrons. The third-order valence-electron chi connectivity index (χ3n) is 5.07. The molecular formula is C24H29NO6. The van der Waals surface area contributed by atoms with Crippen molar-refractivity contribution >= 4 is 11.9 Å². The van der Waals surface area contributed by atoms with E-state index in [1.807, 2.05) is 32.0 Å². The number of benzene rings is 2. The van der Waals surface area contributed by atoms with Crippen LogP contribution in [-0.2, 0) is 16.1 Å². The predicted molar refractivity (Wildman–Crippen MR) is 117 cm³/mol. The maximum Gasteiger partial charge on any atom is 0.315 e. The first kappa shape index (κ1) is 22.5. The number of carbonyl (C=O) groups excluding carboxylic acids is 2. The highest BCUT2D eigenvalue weighted by atomic mass is 16.6. The Kier molecular flexibility index (Phi) is 6.43. The molecule has 1 heterocycles. The summed E-state index contributed by atoms with van der Waals surface area (Å²) < 4.78 is 22.6. The third kappa shape index (κ3) is 4.60. The van der Waals surface area contributed by atoms with E-state index in [4.69, 9.17) is 18.9 Å². The lowest BCUT2D eigenvalue weighted by Gasteiger charge is -2.26. The first-order valence-corrected chi connectivity index (χ1v) is 10.2. The van der Waals surface area contributed by atoms with Crippen LogP contribution in [0.4, 0.5) is 0 Å². The van der Waals surface area contributed by atoms with E-state index in [0.717, 1.165) is 16.7 Å². The van der Waals surface area contributed by atoms with Crippen LogP contribution in [0.1, 0.15) is 43.6 Å². The fourth-order valence-corrected chi connectivity index (χ4v) is 3.35. The summed E-state index contributed by atoms with van der Waals surface area (Å²) in [4.78, 5) is 24.4. The molecule has 0 aromatic heterocycles. The molecular weight excluding hydrogens is 398 g/mol. The highest BCUT2D eigenvalue weighted by molar-refractivity contribution is 5.99. The number of fused-ring (bicyclic) bond motifs is 1. The topological polar surface area (TPSA) is 83.1 Å². The van der Waals surface area contributed by atoms with Gasteiger partial charge in [0.05, 0.1) is 25.7 Å². The number of rotatable bonds is 8. The largest absolute Gasteiger partial charge is 0.493 e. The first-order valence-electron chi connectivity index (χ1n) is 10.2. The van der Waals surface area contributed by atoms with Gasteiger partial charge in [-0.05, 0) is 63.1 Å². The zero-order valence-corrected chi connectivity index (χ0v) is 18.8. The molecule has 0 unspecified atom stereocenters. The molecule has 0 fully saturated rings. The number of amides is 1. The second kappa shape index (κ2) is 8.88. The summed E-state index contributed by atoms with van der Waals surface area (Å²) in [7, 11) is 3.09. The van der Waals surface area contributed by atoms with Gasteiger partial charge in [-0.3, -0.25) is 9.59 Å². The van der Waals surface area contributed by atoms with Gasteiger partial charge in [-0.1, -0.05) is 6.07 Å². The van der Waals surface area contributed by atoms with Crippen LogP contribution in [0.15, 0.2) is 30.3 Å². The SMILES string of the molecule is COc1ccc(-c2ccc3c(c2)CNC3=O)c(OCC(C)(C)C(=O)OC(C)C)c1OC. The van der Waals surface area contributed by atoms with Gasteiger partial charge < -0.3 is 24.3 Å². The zero-order chi connectivity index (χ0) is 22.8. The highest BCUT2D eigenvalue weighted by Gasteiger charge is 2.32. The van der Waals surface area contributed by atoms with Crippen LogP contribution >= 0.6 is 0 Å². The van der Waals surface area contributed by atoms with Gasteiger partial charge in [0.25, 0.3) is 5.91 Å². The number of carbonyl (C=O) groups is 2. The molecule has 0 aliphatic carbocycles. The Hall–Kier alpha value is -3.22.